The van der Waals surface area contributed by atoms with Crippen LogP contribution in [0, 0.1) is 5.82 Å². The van der Waals surface area contributed by atoms with E-state index in [0.717, 1.165) is 18.4 Å². The minimum Gasteiger partial charge on any atom is -0.387 e. The van der Waals surface area contributed by atoms with Gasteiger partial charge < -0.3 is 10.4 Å². The minimum atomic E-state index is -0.485. The van der Waals surface area contributed by atoms with E-state index in [2.05, 4.69) is 5.32 Å². The fraction of sp³-hybridized carbons (Fsp3) is 0.417. The number of hydrogen-bond donors (Lipinski definition) is 2. The van der Waals surface area contributed by atoms with Crippen molar-refractivity contribution in [3.63, 3.8) is 0 Å². The number of hydrogen-bond acceptors (Lipinski definition) is 2. The summed E-state index contributed by atoms with van der Waals surface area (Å²) in [6.07, 6.45) is 1.49. The van der Waals surface area contributed by atoms with Gasteiger partial charge in [0.15, 0.2) is 0 Å². The zero-order valence-corrected chi connectivity index (χ0v) is 8.82. The molecule has 2 rings (SSSR count). The van der Waals surface area contributed by atoms with E-state index in [1.807, 2.05) is 6.07 Å². The molecule has 0 unspecified atom stereocenters. The van der Waals surface area contributed by atoms with Gasteiger partial charge in [0, 0.05) is 6.04 Å². The maximum absolute atomic E-state index is 13.4. The monoisotopic (exact) mass is 223 g/mol. The molecule has 1 aromatic rings. The summed E-state index contributed by atoms with van der Waals surface area (Å²) in [6.45, 7) is -0.485. The van der Waals surface area contributed by atoms with Gasteiger partial charge in [-0.05, 0) is 30.4 Å². The van der Waals surface area contributed by atoms with E-state index in [1.165, 1.54) is 6.07 Å². The molecule has 1 fully saturated rings. The molecule has 3 nitrogen and oxygen atoms in total. The van der Waals surface area contributed by atoms with E-state index < -0.39 is 6.61 Å². The molecular weight excluding hydrogens is 209 g/mol. The summed E-state index contributed by atoms with van der Waals surface area (Å²) >= 11 is 0. The summed E-state index contributed by atoms with van der Waals surface area (Å²) in [5.41, 5.74) is 0.719. The van der Waals surface area contributed by atoms with E-state index in [1.54, 1.807) is 12.1 Å². The van der Waals surface area contributed by atoms with Crippen LogP contribution in [-0.4, -0.2) is 23.7 Å². The fourth-order valence-corrected chi connectivity index (χ4v) is 2.07. The fourth-order valence-electron chi connectivity index (χ4n) is 2.07. The molecule has 1 aliphatic rings. The molecule has 0 atom stereocenters. The third kappa shape index (κ3) is 2.22. The first kappa shape index (κ1) is 11.1. The highest BCUT2D eigenvalue weighted by atomic mass is 19.1. The molecule has 16 heavy (non-hydrogen) atoms. The first-order valence-corrected chi connectivity index (χ1v) is 5.35. The minimum absolute atomic E-state index is 0.0734. The van der Waals surface area contributed by atoms with Crippen LogP contribution in [0.3, 0.4) is 0 Å². The molecule has 0 aliphatic heterocycles. The van der Waals surface area contributed by atoms with E-state index in [9.17, 15) is 9.18 Å². The third-order valence-electron chi connectivity index (χ3n) is 2.99. The molecule has 1 aromatic carbocycles. The van der Waals surface area contributed by atoms with Gasteiger partial charge in [0.25, 0.3) is 0 Å². The molecule has 4 heteroatoms. The largest absolute Gasteiger partial charge is 0.387 e. The lowest BCUT2D eigenvalue weighted by molar-refractivity contribution is -0.125. The van der Waals surface area contributed by atoms with Crippen LogP contribution >= 0.6 is 0 Å². The van der Waals surface area contributed by atoms with Crippen LogP contribution < -0.4 is 5.32 Å². The molecule has 1 amide bonds. The number of carbonyl (C=O) groups excluding carboxylic acids is 1. The summed E-state index contributed by atoms with van der Waals surface area (Å²) in [7, 11) is 0. The number of benzene rings is 1. The van der Waals surface area contributed by atoms with Crippen molar-refractivity contribution in [1.29, 1.82) is 0 Å². The molecule has 0 spiro atoms. The normalized spacial score (nSPS) is 23.6. The molecular formula is C12H14FNO2. The lowest BCUT2D eigenvalue weighted by atomic mass is 9.75. The van der Waals surface area contributed by atoms with Gasteiger partial charge in [-0.2, -0.15) is 0 Å². The van der Waals surface area contributed by atoms with Gasteiger partial charge in [-0.15, -0.1) is 0 Å². The summed E-state index contributed by atoms with van der Waals surface area (Å²) < 4.78 is 13.4. The summed E-state index contributed by atoms with van der Waals surface area (Å²) in [6, 6.07) is 6.80. The number of aliphatic hydroxyl groups is 1. The maximum atomic E-state index is 13.4. The molecule has 0 bridgehead atoms. The van der Waals surface area contributed by atoms with Crippen molar-refractivity contribution in [2.75, 3.05) is 6.61 Å². The van der Waals surface area contributed by atoms with Crippen LogP contribution in [0.25, 0.3) is 0 Å². The van der Waals surface area contributed by atoms with Crippen LogP contribution in [0.2, 0.25) is 0 Å². The van der Waals surface area contributed by atoms with Crippen molar-refractivity contribution >= 4 is 5.91 Å². The topological polar surface area (TPSA) is 49.3 Å². The lowest BCUT2D eigenvalue weighted by Gasteiger charge is -2.36. The van der Waals surface area contributed by atoms with Crippen LogP contribution in [0.15, 0.2) is 24.3 Å². The molecule has 0 aromatic heterocycles. The van der Waals surface area contributed by atoms with Crippen molar-refractivity contribution in [3.8, 4) is 0 Å². The Kier molecular flexibility index (Phi) is 3.19. The molecule has 2 N–H and O–H groups in total. The van der Waals surface area contributed by atoms with Gasteiger partial charge in [0.1, 0.15) is 12.4 Å². The quantitative estimate of drug-likeness (QED) is 0.808. The Hall–Kier alpha value is -1.42. The van der Waals surface area contributed by atoms with Crippen molar-refractivity contribution in [2.24, 2.45) is 0 Å². The van der Waals surface area contributed by atoms with Gasteiger partial charge >= 0.3 is 0 Å². The van der Waals surface area contributed by atoms with Crippen LogP contribution in [0.1, 0.15) is 24.3 Å². The number of halogens is 1. The zero-order chi connectivity index (χ0) is 11.5. The highest BCUT2D eigenvalue weighted by Gasteiger charge is 2.32. The van der Waals surface area contributed by atoms with Crippen LogP contribution in [-0.2, 0) is 4.79 Å². The predicted molar refractivity (Wildman–Crippen MR) is 57.4 cm³/mol. The summed E-state index contributed by atoms with van der Waals surface area (Å²) in [5.74, 6) is -0.360. The Labute approximate surface area is 93.3 Å². The first-order chi connectivity index (χ1) is 7.70. The van der Waals surface area contributed by atoms with E-state index in [0.29, 0.717) is 0 Å². The number of carbonyl (C=O) groups is 1. The SMILES string of the molecule is O=C(CO)NC1CC(c2ccccc2F)C1. The number of aliphatic hydroxyl groups excluding tert-OH is 1. The Bertz CT molecular complexity index is 388. The molecule has 86 valence electrons. The zero-order valence-electron chi connectivity index (χ0n) is 8.82. The summed E-state index contributed by atoms with van der Waals surface area (Å²) in [5, 5.41) is 11.2. The lowest BCUT2D eigenvalue weighted by Crippen LogP contribution is -2.44. The Balaban J connectivity index is 1.89. The van der Waals surface area contributed by atoms with Gasteiger partial charge in [0.05, 0.1) is 0 Å². The van der Waals surface area contributed by atoms with Gasteiger partial charge in [-0.1, -0.05) is 18.2 Å². The van der Waals surface area contributed by atoms with Crippen molar-refractivity contribution in [3.05, 3.63) is 35.6 Å². The maximum Gasteiger partial charge on any atom is 0.245 e. The molecule has 0 radical (unpaired) electrons. The highest BCUT2D eigenvalue weighted by molar-refractivity contribution is 5.77. The average molecular weight is 223 g/mol. The number of rotatable bonds is 3. The molecule has 1 aliphatic carbocycles. The summed E-state index contributed by atoms with van der Waals surface area (Å²) in [4.78, 5) is 10.9. The third-order valence-corrected chi connectivity index (χ3v) is 2.99. The van der Waals surface area contributed by atoms with E-state index in [-0.39, 0.29) is 23.7 Å². The highest BCUT2D eigenvalue weighted by Crippen LogP contribution is 2.37. The Morgan fingerprint density at radius 3 is 2.75 bits per heavy atom. The van der Waals surface area contributed by atoms with Crippen molar-refractivity contribution < 1.29 is 14.3 Å². The van der Waals surface area contributed by atoms with Gasteiger partial charge in [-0.3, -0.25) is 4.79 Å². The number of nitrogens with one attached hydrogen (secondary N) is 1. The van der Waals surface area contributed by atoms with Crippen molar-refractivity contribution in [1.82, 2.24) is 5.32 Å². The van der Waals surface area contributed by atoms with Crippen molar-refractivity contribution in [2.45, 2.75) is 24.8 Å². The second-order valence-corrected chi connectivity index (χ2v) is 4.11. The standard InChI is InChI=1S/C12H14FNO2/c13-11-4-2-1-3-10(11)8-5-9(6-8)14-12(16)7-15/h1-4,8-9,15H,5-7H2,(H,14,16). The average Bonchev–Trinajstić information content (AvgIpc) is 2.24. The predicted octanol–water partition coefficient (Wildman–Crippen LogP) is 1.18. The van der Waals surface area contributed by atoms with Crippen LogP contribution in [0.4, 0.5) is 4.39 Å². The van der Waals surface area contributed by atoms with E-state index in [4.69, 9.17) is 5.11 Å². The molecule has 0 heterocycles. The smallest absolute Gasteiger partial charge is 0.245 e. The second-order valence-electron chi connectivity index (χ2n) is 4.11. The first-order valence-electron chi connectivity index (χ1n) is 5.35. The van der Waals surface area contributed by atoms with Crippen LogP contribution in [0.5, 0.6) is 0 Å². The van der Waals surface area contributed by atoms with Gasteiger partial charge in [0.2, 0.25) is 5.91 Å². The Morgan fingerprint density at radius 2 is 2.12 bits per heavy atom. The second kappa shape index (κ2) is 4.61. The van der Waals surface area contributed by atoms with Gasteiger partial charge in [-0.25, -0.2) is 4.39 Å². The Morgan fingerprint density at radius 1 is 1.44 bits per heavy atom. The van der Waals surface area contributed by atoms with E-state index >= 15 is 0 Å². The number of amides is 1. The molecule has 1 saturated carbocycles. The molecule has 0 saturated heterocycles.